The maximum Gasteiger partial charge on any atom is 0.226 e. The van der Waals surface area contributed by atoms with Gasteiger partial charge in [0.05, 0.1) is 93.0 Å². The summed E-state index contributed by atoms with van der Waals surface area (Å²) in [7, 11) is -5.26. The molecular weight excluding hydrogens is 1590 g/mol. The van der Waals surface area contributed by atoms with Gasteiger partial charge < -0.3 is 80.8 Å². The van der Waals surface area contributed by atoms with E-state index in [9.17, 15) is 19.0 Å². The first-order valence-corrected chi connectivity index (χ1v) is 43.3. The number of nitrogens with two attached hydrogens (primary N) is 1. The number of carbonyl (C=O) groups is 1. The summed E-state index contributed by atoms with van der Waals surface area (Å²) >= 11 is 42.6. The first-order chi connectivity index (χ1) is 50.9. The van der Waals surface area contributed by atoms with Gasteiger partial charge in [-0.3, -0.25) is 9.13 Å². The lowest BCUT2D eigenvalue weighted by Gasteiger charge is -2.24. The Morgan fingerprint density at radius 3 is 1.13 bits per heavy atom. The molecule has 0 spiro atoms. The lowest BCUT2D eigenvalue weighted by atomic mass is 9.96. The minimum atomic E-state index is -2.63. The number of aromatic nitrogens is 16. The largest absolute Gasteiger partial charge is 0.396 e. The minimum absolute atomic E-state index is 0.0181. The first kappa shape index (κ1) is 76.4. The summed E-state index contributed by atoms with van der Waals surface area (Å²) in [5.74, 6) is -1.54. The Bertz CT molecular complexity index is 4930. The number of ether oxygens (including phenoxy) is 8. The molecule has 0 amide bonds. The predicted octanol–water partition coefficient (Wildman–Crippen LogP) is 12.6. The van der Waals surface area contributed by atoms with Crippen LogP contribution in [-0.4, -0.2) is 207 Å². The van der Waals surface area contributed by atoms with Crippen LogP contribution in [0.1, 0.15) is 132 Å². The van der Waals surface area contributed by atoms with Crippen molar-refractivity contribution >= 4 is 153 Å². The van der Waals surface area contributed by atoms with Crippen LogP contribution >= 0.6 is 95.9 Å². The molecular formula is C68H82Cl7N17O14P2. The Balaban J connectivity index is 0.000000106. The first-order valence-electron chi connectivity index (χ1n) is 36.1. The van der Waals surface area contributed by atoms with Crippen LogP contribution in [0.4, 0.5) is 5.82 Å². The van der Waals surface area contributed by atoms with Crippen molar-refractivity contribution in [2.45, 2.75) is 204 Å². The number of aldehydes is 1. The molecule has 0 radical (unpaired) electrons. The SMILES string of the molecule is CC1(C)O[C@H]2[C@H](n3cnc4c(Cl)nc(Cl)nc43)[C@H]3C[C@@]3(C=O)[C@H]2O1.CC1(C)O[C@H]2[C@H](n3cnc4c(Cl)nc(Cl)nc43)[C@H]3C[C@@]3(CO)[C@H]2O1.CCOP(C)(=O)CC[C@@]12C[C@@H]1[C@@H](n1cnc3c(Cl)nc(Cl)nc31)[C@@H]1OC(C)(C)O[C@@H]12.CCOP(C)(=O)CC[C@@]12C[C@@H]1[C@@H](n1cnc3c(N)nc(Cl)nc31)[C@@H]1OC(C)(C)O[C@@H]12. The Morgan fingerprint density at radius 1 is 0.463 bits per heavy atom. The number of imidazole rings is 4. The van der Waals surface area contributed by atoms with E-state index in [1.165, 1.54) is 0 Å². The minimum Gasteiger partial charge on any atom is -0.396 e. The van der Waals surface area contributed by atoms with Crippen LogP contribution in [-0.2, 0) is 60.9 Å². The Kier molecular flexibility index (Phi) is 18.5. The molecule has 582 valence electrons. The van der Waals surface area contributed by atoms with E-state index in [0.717, 1.165) is 44.8 Å². The second-order valence-electron chi connectivity index (χ2n) is 32.7. The number of carbonyl (C=O) groups excluding carboxylic acids is 1. The van der Waals surface area contributed by atoms with E-state index in [2.05, 4.69) is 59.8 Å². The smallest absolute Gasteiger partial charge is 0.226 e. The molecule has 8 aliphatic carbocycles. The van der Waals surface area contributed by atoms with Crippen molar-refractivity contribution in [2.75, 3.05) is 51.2 Å². The molecule has 4 saturated heterocycles. The average molecular weight is 1670 g/mol. The highest BCUT2D eigenvalue weighted by atomic mass is 35.5. The van der Waals surface area contributed by atoms with Gasteiger partial charge in [0.1, 0.15) is 58.9 Å². The second kappa shape index (κ2) is 26.1. The van der Waals surface area contributed by atoms with Gasteiger partial charge in [0.15, 0.2) is 81.8 Å². The normalized spacial score (nSPS) is 37.3. The monoisotopic (exact) mass is 1670 g/mol. The van der Waals surface area contributed by atoms with E-state index in [0.29, 0.717) is 82.0 Å². The van der Waals surface area contributed by atoms with Gasteiger partial charge in [0.2, 0.25) is 21.1 Å². The average Bonchev–Trinajstić information content (AvgIpc) is 1.52. The van der Waals surface area contributed by atoms with Crippen molar-refractivity contribution in [3.63, 3.8) is 0 Å². The van der Waals surface area contributed by atoms with Crippen molar-refractivity contribution < 1.29 is 66.0 Å². The van der Waals surface area contributed by atoms with E-state index >= 15 is 0 Å². The van der Waals surface area contributed by atoms with Crippen molar-refractivity contribution in [1.29, 1.82) is 0 Å². The molecule has 8 aromatic rings. The third kappa shape index (κ3) is 12.5. The van der Waals surface area contributed by atoms with Gasteiger partial charge in [-0.2, -0.15) is 24.9 Å². The highest BCUT2D eigenvalue weighted by molar-refractivity contribution is 7.58. The second-order valence-corrected chi connectivity index (χ2v) is 40.6. The Hall–Kier alpha value is -4.28. The molecule has 22 atom stereocenters. The standard InChI is InChI=1S/C19H25Cl2N4O4P.C19H27ClN5O4P.C15H16Cl2N4O3.C15H14Cl2N4O3/c1-5-27-30(4,26)7-6-19-8-10(19)12(13-14(19)29-18(2,3)28-13)25-9-22-11-15(20)23-17(21)24-16(11)25;1-5-27-30(4,26)7-6-19-8-10(19)12(13-14(19)29-18(2,3)28-13)25-9-22-11-15(21)23-17(20)24-16(11)25;2*1-14(2)23-9-8(6-3-15(6,4-22)10(9)24-14)21-5-18-7-11(16)19-13(17)20-12(7)21/h9-10,12-14H,5-8H2,1-4H3;9-10,12-14H,5-8H2,1-4H3,(H2,21,23,24);5-6,8-10,22H,3-4H2,1-2H3;4-6,8-10H,3H2,1-2H3/t2*10-,12-,13+,14+,19-,30?;2*6-,8-,9+,10+,15+/m1111/s1. The summed E-state index contributed by atoms with van der Waals surface area (Å²) < 4.78 is 94.2. The molecule has 0 aromatic carbocycles. The van der Waals surface area contributed by atoms with Crippen molar-refractivity contribution in [1.82, 2.24) is 78.1 Å². The van der Waals surface area contributed by atoms with Crippen LogP contribution in [0.2, 0.25) is 36.6 Å². The summed E-state index contributed by atoms with van der Waals surface area (Å²) in [6, 6.07) is -0.174. The van der Waals surface area contributed by atoms with Crippen molar-refractivity contribution in [2.24, 2.45) is 45.3 Å². The molecule has 8 saturated carbocycles. The molecule has 0 bridgehead atoms. The maximum absolute atomic E-state index is 12.8. The van der Waals surface area contributed by atoms with E-state index in [1.54, 1.807) is 38.6 Å². The summed E-state index contributed by atoms with van der Waals surface area (Å²) in [5.41, 5.74) is 9.44. The Labute approximate surface area is 654 Å². The molecule has 8 aromatic heterocycles. The summed E-state index contributed by atoms with van der Waals surface area (Å²) in [5, 5.41) is 11.0. The molecule has 31 nitrogen and oxygen atoms in total. The molecule has 108 heavy (non-hydrogen) atoms. The zero-order valence-corrected chi connectivity index (χ0v) is 68.0. The van der Waals surface area contributed by atoms with Crippen LogP contribution < -0.4 is 5.73 Å². The predicted molar refractivity (Wildman–Crippen MR) is 397 cm³/mol. The molecule has 3 N–H and O–H groups in total. The van der Waals surface area contributed by atoms with Crippen molar-refractivity contribution in [3.8, 4) is 0 Å². The van der Waals surface area contributed by atoms with Crippen LogP contribution in [0.5, 0.6) is 0 Å². The fourth-order valence-corrected chi connectivity index (χ4v) is 24.3. The van der Waals surface area contributed by atoms with Crippen LogP contribution in [0, 0.1) is 45.3 Å². The zero-order chi connectivity index (χ0) is 76.7. The van der Waals surface area contributed by atoms with Gasteiger partial charge in [-0.25, -0.2) is 34.9 Å². The fraction of sp³-hybridized carbons (Fsp3) is 0.691. The van der Waals surface area contributed by atoms with Crippen LogP contribution in [0.15, 0.2) is 25.3 Å². The number of hydrogen-bond acceptors (Lipinski definition) is 27. The number of nitrogens with zero attached hydrogens (tertiary/aromatic N) is 16. The van der Waals surface area contributed by atoms with E-state index in [-0.39, 0.29) is 150 Å². The fourth-order valence-electron chi connectivity index (χ4n) is 19.9. The number of aliphatic hydroxyl groups is 1. The van der Waals surface area contributed by atoms with Gasteiger partial charge in [-0.1, -0.05) is 34.8 Å². The van der Waals surface area contributed by atoms with Gasteiger partial charge >= 0.3 is 0 Å². The number of anilines is 1. The van der Waals surface area contributed by atoms with E-state index in [4.69, 9.17) is 134 Å². The molecule has 12 fully saturated rings. The number of hydrogen-bond donors (Lipinski definition) is 2. The van der Waals surface area contributed by atoms with Gasteiger partial charge in [-0.05, 0) is 178 Å². The third-order valence-corrected chi connectivity index (χ3v) is 29.6. The molecule has 40 heteroatoms. The quantitative estimate of drug-likeness (QED) is 0.0393. The summed E-state index contributed by atoms with van der Waals surface area (Å²) in [6.45, 7) is 23.4. The number of aliphatic hydroxyl groups excluding tert-OH is 1. The number of halogens is 7. The lowest BCUT2D eigenvalue weighted by Crippen LogP contribution is -2.33. The molecule has 20 rings (SSSR count). The molecule has 12 heterocycles. The Morgan fingerprint density at radius 2 is 0.769 bits per heavy atom. The van der Waals surface area contributed by atoms with Gasteiger partial charge in [0.25, 0.3) is 0 Å². The summed E-state index contributed by atoms with van der Waals surface area (Å²) in [4.78, 5) is 62.5. The van der Waals surface area contributed by atoms with E-state index in [1.807, 2.05) is 87.5 Å². The topological polar surface area (TPSA) is 364 Å². The number of rotatable bonds is 16. The number of fused-ring (bicyclic) bond motifs is 16. The van der Waals surface area contributed by atoms with E-state index < -0.39 is 43.3 Å². The molecule has 4 aliphatic heterocycles. The zero-order valence-electron chi connectivity index (χ0n) is 60.9. The maximum atomic E-state index is 12.8. The van der Waals surface area contributed by atoms with Crippen molar-refractivity contribution in [3.05, 3.63) is 61.9 Å². The lowest BCUT2D eigenvalue weighted by molar-refractivity contribution is -0.163. The third-order valence-electron chi connectivity index (χ3n) is 24.4. The van der Waals surface area contributed by atoms with Gasteiger partial charge in [-0.15, -0.1) is 0 Å². The summed E-state index contributed by atoms with van der Waals surface area (Å²) in [6.07, 6.45) is 12.8. The van der Waals surface area contributed by atoms with Crippen LogP contribution in [0.3, 0.4) is 0 Å². The highest BCUT2D eigenvalue weighted by Crippen LogP contribution is 2.77. The van der Waals surface area contributed by atoms with Gasteiger partial charge in [0, 0.05) is 41.9 Å². The highest BCUT2D eigenvalue weighted by Gasteiger charge is 2.80. The molecule has 12 aliphatic rings. The number of nitrogen functional groups attached to an aromatic ring is 1. The van der Waals surface area contributed by atoms with Crippen LogP contribution in [0.25, 0.3) is 44.7 Å². The molecule has 2 unspecified atom stereocenters.